The van der Waals surface area contributed by atoms with Gasteiger partial charge in [-0.25, -0.2) is 0 Å². The molecule has 0 atom stereocenters. The number of nitrogens with zero attached hydrogens (tertiary/aromatic N) is 3. The van der Waals surface area contributed by atoms with Crippen LogP contribution in [0.15, 0.2) is 30.6 Å². The number of anilines is 1. The topological polar surface area (TPSA) is 80.1 Å². The van der Waals surface area contributed by atoms with E-state index in [0.29, 0.717) is 28.8 Å². The summed E-state index contributed by atoms with van der Waals surface area (Å²) < 4.78 is 10.7. The lowest BCUT2D eigenvalue weighted by atomic mass is 10.2. The number of rotatable bonds is 4. The SMILES string of the molecule is CNc1cncc(Oc2cc(C#N)cc(OC)c2)n1. The Morgan fingerprint density at radius 1 is 1.21 bits per heavy atom. The van der Waals surface area contributed by atoms with E-state index >= 15 is 0 Å². The average molecular weight is 256 g/mol. The summed E-state index contributed by atoms with van der Waals surface area (Å²) in [6.45, 7) is 0. The van der Waals surface area contributed by atoms with Gasteiger partial charge in [0.25, 0.3) is 0 Å². The summed E-state index contributed by atoms with van der Waals surface area (Å²) in [5, 5.41) is 11.8. The van der Waals surface area contributed by atoms with Crippen molar-refractivity contribution in [3.8, 4) is 23.4 Å². The van der Waals surface area contributed by atoms with E-state index in [1.54, 1.807) is 31.4 Å². The predicted octanol–water partition coefficient (Wildman–Crippen LogP) is 2.19. The lowest BCUT2D eigenvalue weighted by Gasteiger charge is -2.08. The van der Waals surface area contributed by atoms with Crippen molar-refractivity contribution in [2.75, 3.05) is 19.5 Å². The Bertz CT molecular complexity index is 622. The largest absolute Gasteiger partial charge is 0.497 e. The molecule has 6 heteroatoms. The zero-order chi connectivity index (χ0) is 13.7. The van der Waals surface area contributed by atoms with Crippen molar-refractivity contribution in [1.29, 1.82) is 5.26 Å². The Kier molecular flexibility index (Phi) is 3.78. The molecular formula is C13H12N4O2. The summed E-state index contributed by atoms with van der Waals surface area (Å²) in [5.41, 5.74) is 0.451. The molecule has 0 amide bonds. The molecule has 0 unspecified atom stereocenters. The summed E-state index contributed by atoms with van der Waals surface area (Å²) in [6, 6.07) is 6.95. The van der Waals surface area contributed by atoms with E-state index in [1.807, 2.05) is 6.07 Å². The van der Waals surface area contributed by atoms with Crippen LogP contribution in [0.4, 0.5) is 5.82 Å². The van der Waals surface area contributed by atoms with Crippen LogP contribution >= 0.6 is 0 Å². The van der Waals surface area contributed by atoms with Gasteiger partial charge in [0, 0.05) is 13.1 Å². The highest BCUT2D eigenvalue weighted by Crippen LogP contribution is 2.26. The van der Waals surface area contributed by atoms with Crippen molar-refractivity contribution in [2.45, 2.75) is 0 Å². The molecular weight excluding hydrogens is 244 g/mol. The first-order valence-corrected chi connectivity index (χ1v) is 5.52. The zero-order valence-corrected chi connectivity index (χ0v) is 10.5. The second kappa shape index (κ2) is 5.69. The lowest BCUT2D eigenvalue weighted by molar-refractivity contribution is 0.407. The summed E-state index contributed by atoms with van der Waals surface area (Å²) in [7, 11) is 3.27. The maximum absolute atomic E-state index is 8.93. The highest BCUT2D eigenvalue weighted by atomic mass is 16.5. The second-order valence-corrected chi connectivity index (χ2v) is 3.60. The molecule has 2 rings (SSSR count). The van der Waals surface area contributed by atoms with E-state index in [1.165, 1.54) is 13.3 Å². The molecule has 0 spiro atoms. The fourth-order valence-electron chi connectivity index (χ4n) is 1.45. The van der Waals surface area contributed by atoms with Crippen molar-refractivity contribution in [1.82, 2.24) is 9.97 Å². The van der Waals surface area contributed by atoms with Gasteiger partial charge in [0.15, 0.2) is 0 Å². The summed E-state index contributed by atoms with van der Waals surface area (Å²) in [5.74, 6) is 1.95. The van der Waals surface area contributed by atoms with E-state index < -0.39 is 0 Å². The molecule has 0 bridgehead atoms. The molecule has 1 heterocycles. The summed E-state index contributed by atoms with van der Waals surface area (Å²) in [4.78, 5) is 8.17. The van der Waals surface area contributed by atoms with Gasteiger partial charge < -0.3 is 14.8 Å². The number of aromatic nitrogens is 2. The van der Waals surface area contributed by atoms with Gasteiger partial charge in [-0.05, 0) is 12.1 Å². The van der Waals surface area contributed by atoms with Crippen LogP contribution in [0.2, 0.25) is 0 Å². The molecule has 0 saturated heterocycles. The van der Waals surface area contributed by atoms with Crippen LogP contribution in [-0.4, -0.2) is 24.1 Å². The monoisotopic (exact) mass is 256 g/mol. The molecule has 0 aliphatic rings. The molecule has 6 nitrogen and oxygen atoms in total. The van der Waals surface area contributed by atoms with Crippen LogP contribution in [0.5, 0.6) is 17.4 Å². The first-order valence-electron chi connectivity index (χ1n) is 5.52. The Hall–Kier alpha value is -2.81. The van der Waals surface area contributed by atoms with E-state index in [2.05, 4.69) is 15.3 Å². The number of benzene rings is 1. The van der Waals surface area contributed by atoms with Crippen LogP contribution < -0.4 is 14.8 Å². The van der Waals surface area contributed by atoms with Crippen molar-refractivity contribution >= 4 is 5.82 Å². The number of nitrogens with one attached hydrogen (secondary N) is 1. The molecule has 0 aliphatic heterocycles. The van der Waals surface area contributed by atoms with Gasteiger partial charge in [-0.2, -0.15) is 10.2 Å². The molecule has 1 aromatic heterocycles. The van der Waals surface area contributed by atoms with Crippen LogP contribution in [0.1, 0.15) is 5.56 Å². The Morgan fingerprint density at radius 3 is 2.68 bits per heavy atom. The van der Waals surface area contributed by atoms with E-state index in [9.17, 15) is 0 Å². The average Bonchev–Trinajstić information content (AvgIpc) is 2.47. The van der Waals surface area contributed by atoms with Crippen LogP contribution in [-0.2, 0) is 0 Å². The Morgan fingerprint density at radius 2 is 2.00 bits per heavy atom. The quantitative estimate of drug-likeness (QED) is 0.903. The third kappa shape index (κ3) is 3.10. The molecule has 0 radical (unpaired) electrons. The minimum Gasteiger partial charge on any atom is -0.497 e. The highest BCUT2D eigenvalue weighted by Gasteiger charge is 2.05. The van der Waals surface area contributed by atoms with E-state index in [0.717, 1.165) is 0 Å². The van der Waals surface area contributed by atoms with Gasteiger partial charge in [0.05, 0.1) is 31.1 Å². The first kappa shape index (κ1) is 12.6. The summed E-state index contributed by atoms with van der Waals surface area (Å²) in [6.07, 6.45) is 3.07. The number of hydrogen-bond acceptors (Lipinski definition) is 6. The smallest absolute Gasteiger partial charge is 0.239 e. The van der Waals surface area contributed by atoms with E-state index in [4.69, 9.17) is 14.7 Å². The number of methoxy groups -OCH3 is 1. The van der Waals surface area contributed by atoms with Crippen LogP contribution in [0.3, 0.4) is 0 Å². The standard InChI is InChI=1S/C13H12N4O2/c1-15-12-7-16-8-13(17-12)19-11-4-9(6-14)3-10(5-11)18-2/h3-5,7-8H,1-2H3,(H,15,17). The van der Waals surface area contributed by atoms with Crippen molar-refractivity contribution in [2.24, 2.45) is 0 Å². The molecule has 96 valence electrons. The van der Waals surface area contributed by atoms with Gasteiger partial charge in [-0.1, -0.05) is 0 Å². The third-order valence-corrected chi connectivity index (χ3v) is 2.34. The second-order valence-electron chi connectivity index (χ2n) is 3.60. The summed E-state index contributed by atoms with van der Waals surface area (Å²) >= 11 is 0. The van der Waals surface area contributed by atoms with Crippen LogP contribution in [0, 0.1) is 11.3 Å². The molecule has 0 fully saturated rings. The maximum Gasteiger partial charge on any atom is 0.239 e. The van der Waals surface area contributed by atoms with E-state index in [-0.39, 0.29) is 0 Å². The van der Waals surface area contributed by atoms with Gasteiger partial charge >= 0.3 is 0 Å². The number of nitriles is 1. The van der Waals surface area contributed by atoms with Gasteiger partial charge in [-0.15, -0.1) is 0 Å². The molecule has 2 aromatic rings. The minimum absolute atomic E-state index is 0.337. The predicted molar refractivity (Wildman–Crippen MR) is 69.4 cm³/mol. The molecule has 0 saturated carbocycles. The van der Waals surface area contributed by atoms with Crippen molar-refractivity contribution in [3.05, 3.63) is 36.2 Å². The lowest BCUT2D eigenvalue weighted by Crippen LogP contribution is -1.96. The first-order chi connectivity index (χ1) is 9.25. The fraction of sp³-hybridized carbons (Fsp3) is 0.154. The third-order valence-electron chi connectivity index (χ3n) is 2.34. The number of hydrogen-bond donors (Lipinski definition) is 1. The van der Waals surface area contributed by atoms with Crippen molar-refractivity contribution < 1.29 is 9.47 Å². The molecule has 1 aromatic carbocycles. The fourth-order valence-corrected chi connectivity index (χ4v) is 1.45. The molecule has 19 heavy (non-hydrogen) atoms. The van der Waals surface area contributed by atoms with Gasteiger partial charge in [-0.3, -0.25) is 4.98 Å². The Balaban J connectivity index is 2.29. The number of ether oxygens (including phenoxy) is 2. The van der Waals surface area contributed by atoms with Crippen LogP contribution in [0.25, 0.3) is 0 Å². The molecule has 0 aliphatic carbocycles. The zero-order valence-electron chi connectivity index (χ0n) is 10.5. The molecule has 1 N–H and O–H groups in total. The minimum atomic E-state index is 0.337. The van der Waals surface area contributed by atoms with Gasteiger partial charge in [0.1, 0.15) is 17.3 Å². The van der Waals surface area contributed by atoms with Crippen molar-refractivity contribution in [3.63, 3.8) is 0 Å². The maximum atomic E-state index is 8.93. The highest BCUT2D eigenvalue weighted by molar-refractivity contribution is 5.45. The normalized spacial score (nSPS) is 9.53. The van der Waals surface area contributed by atoms with Gasteiger partial charge in [0.2, 0.25) is 5.88 Å². The Labute approximate surface area is 110 Å².